The Balaban J connectivity index is 2.65. The van der Waals surface area contributed by atoms with Crippen molar-refractivity contribution in [2.75, 3.05) is 13.6 Å². The van der Waals surface area contributed by atoms with Crippen LogP contribution in [0.15, 0.2) is 12.1 Å². The highest BCUT2D eigenvalue weighted by atomic mass is 16.4. The van der Waals surface area contributed by atoms with E-state index < -0.39 is 11.9 Å². The minimum atomic E-state index is -1.09. The van der Waals surface area contributed by atoms with Crippen LogP contribution in [-0.2, 0) is 4.79 Å². The molecule has 1 aromatic rings. The zero-order valence-corrected chi connectivity index (χ0v) is 10.7. The Morgan fingerprint density at radius 2 is 2.00 bits per heavy atom. The molecule has 19 heavy (non-hydrogen) atoms. The number of rotatable bonds is 5. The van der Waals surface area contributed by atoms with E-state index in [0.29, 0.717) is 0 Å². The van der Waals surface area contributed by atoms with Gasteiger partial charge in [0.05, 0.1) is 11.3 Å². The number of pyridine rings is 1. The average Bonchev–Trinajstić information content (AvgIpc) is 2.37. The van der Waals surface area contributed by atoms with Gasteiger partial charge in [-0.25, -0.2) is 9.78 Å². The van der Waals surface area contributed by atoms with Gasteiger partial charge >= 0.3 is 5.97 Å². The smallest absolute Gasteiger partial charge is 0.337 e. The first-order valence-electron chi connectivity index (χ1n) is 5.65. The lowest BCUT2D eigenvalue weighted by Gasteiger charge is -2.06. The number of aromatic carboxylic acids is 1. The minimum Gasteiger partial charge on any atom is -0.478 e. The van der Waals surface area contributed by atoms with Crippen molar-refractivity contribution in [3.63, 3.8) is 0 Å². The molecule has 0 atom stereocenters. The van der Waals surface area contributed by atoms with Gasteiger partial charge in [-0.2, -0.15) is 0 Å². The molecule has 7 heteroatoms. The van der Waals surface area contributed by atoms with E-state index in [0.717, 1.165) is 0 Å². The first kappa shape index (κ1) is 14.6. The first-order chi connectivity index (χ1) is 8.95. The van der Waals surface area contributed by atoms with Crippen molar-refractivity contribution in [3.05, 3.63) is 29.1 Å². The molecule has 0 bridgehead atoms. The van der Waals surface area contributed by atoms with Crippen LogP contribution in [0.4, 0.5) is 0 Å². The average molecular weight is 265 g/mol. The quantitative estimate of drug-likeness (QED) is 0.692. The van der Waals surface area contributed by atoms with Gasteiger partial charge in [-0.1, -0.05) is 0 Å². The summed E-state index contributed by atoms with van der Waals surface area (Å²) in [5.41, 5.74) is 0.452. The van der Waals surface area contributed by atoms with Crippen LogP contribution in [0.2, 0.25) is 0 Å². The largest absolute Gasteiger partial charge is 0.478 e. The van der Waals surface area contributed by atoms with Crippen molar-refractivity contribution in [2.24, 2.45) is 0 Å². The monoisotopic (exact) mass is 265 g/mol. The van der Waals surface area contributed by atoms with Crippen molar-refractivity contribution in [2.45, 2.75) is 13.3 Å². The second kappa shape index (κ2) is 6.48. The number of aryl methyl sites for hydroxylation is 1. The highest BCUT2D eigenvalue weighted by Crippen LogP contribution is 2.06. The fourth-order valence-electron chi connectivity index (χ4n) is 1.42. The minimum absolute atomic E-state index is 0.0573. The van der Waals surface area contributed by atoms with Crippen molar-refractivity contribution in [1.29, 1.82) is 0 Å². The number of aromatic nitrogens is 1. The maximum absolute atomic E-state index is 11.7. The summed E-state index contributed by atoms with van der Waals surface area (Å²) in [6.07, 6.45) is 0.175. The van der Waals surface area contributed by atoms with Gasteiger partial charge in [-0.3, -0.25) is 9.59 Å². The van der Waals surface area contributed by atoms with Crippen LogP contribution in [0.5, 0.6) is 0 Å². The number of hydrogen-bond donors (Lipinski definition) is 3. The number of carbonyl (C=O) groups excluding carboxylic acids is 2. The molecule has 0 fully saturated rings. The maximum Gasteiger partial charge on any atom is 0.337 e. The summed E-state index contributed by atoms with van der Waals surface area (Å²) in [6, 6.07) is 2.67. The number of carbonyl (C=O) groups is 3. The van der Waals surface area contributed by atoms with Crippen molar-refractivity contribution in [1.82, 2.24) is 15.6 Å². The molecule has 0 unspecified atom stereocenters. The molecule has 0 aliphatic carbocycles. The van der Waals surface area contributed by atoms with E-state index in [1.165, 1.54) is 26.1 Å². The van der Waals surface area contributed by atoms with Crippen LogP contribution in [0.25, 0.3) is 0 Å². The molecule has 0 aliphatic rings. The Morgan fingerprint density at radius 1 is 1.32 bits per heavy atom. The molecule has 1 rings (SSSR count). The Morgan fingerprint density at radius 3 is 2.53 bits per heavy atom. The number of hydrogen-bond acceptors (Lipinski definition) is 4. The molecule has 102 valence electrons. The molecule has 1 heterocycles. The van der Waals surface area contributed by atoms with E-state index in [2.05, 4.69) is 15.6 Å². The lowest BCUT2D eigenvalue weighted by Crippen LogP contribution is -2.29. The number of amides is 2. The van der Waals surface area contributed by atoms with Gasteiger partial charge in [0.15, 0.2) is 0 Å². The van der Waals surface area contributed by atoms with Crippen LogP contribution in [0.1, 0.15) is 33.0 Å². The second-order valence-electron chi connectivity index (χ2n) is 3.81. The van der Waals surface area contributed by atoms with Gasteiger partial charge in [-0.05, 0) is 19.1 Å². The standard InChI is InChI=1S/C12H15N3O4/c1-7-8(12(18)19)3-4-9(15-7)11(17)14-6-5-10(16)13-2/h3-4H,5-6H2,1-2H3,(H,13,16)(H,14,17)(H,18,19). The van der Waals surface area contributed by atoms with Crippen LogP contribution in [0.3, 0.4) is 0 Å². The summed E-state index contributed by atoms with van der Waals surface area (Å²) in [4.78, 5) is 37.4. The number of carboxylic acids is 1. The molecule has 0 radical (unpaired) electrons. The highest BCUT2D eigenvalue weighted by Gasteiger charge is 2.12. The molecule has 0 saturated carbocycles. The predicted molar refractivity (Wildman–Crippen MR) is 67.0 cm³/mol. The normalized spacial score (nSPS) is 9.79. The van der Waals surface area contributed by atoms with Crippen molar-refractivity contribution in [3.8, 4) is 0 Å². The third-order valence-electron chi connectivity index (χ3n) is 2.47. The van der Waals surface area contributed by atoms with Crippen LogP contribution in [0, 0.1) is 6.92 Å². The van der Waals surface area contributed by atoms with Gasteiger partial charge < -0.3 is 15.7 Å². The summed E-state index contributed by atoms with van der Waals surface area (Å²) >= 11 is 0. The summed E-state index contributed by atoms with van der Waals surface area (Å²) in [5, 5.41) is 13.8. The van der Waals surface area contributed by atoms with Gasteiger partial charge in [0.2, 0.25) is 5.91 Å². The summed E-state index contributed by atoms with van der Waals surface area (Å²) in [6.45, 7) is 1.71. The van der Waals surface area contributed by atoms with Crippen molar-refractivity contribution >= 4 is 17.8 Å². The Labute approximate surface area is 110 Å². The highest BCUT2D eigenvalue weighted by molar-refractivity contribution is 5.94. The molecule has 3 N–H and O–H groups in total. The molecule has 1 aromatic heterocycles. The van der Waals surface area contributed by atoms with E-state index in [9.17, 15) is 14.4 Å². The van der Waals surface area contributed by atoms with E-state index in [4.69, 9.17) is 5.11 Å². The van der Waals surface area contributed by atoms with Crippen LogP contribution in [-0.4, -0.2) is 41.5 Å². The molecular formula is C12H15N3O4. The molecule has 0 spiro atoms. The van der Waals surface area contributed by atoms with Crippen LogP contribution < -0.4 is 10.6 Å². The number of nitrogens with one attached hydrogen (secondary N) is 2. The first-order valence-corrected chi connectivity index (χ1v) is 5.65. The van der Waals surface area contributed by atoms with E-state index in [1.54, 1.807) is 0 Å². The van der Waals surface area contributed by atoms with Gasteiger partial charge in [0.1, 0.15) is 5.69 Å². The number of carboxylic acid groups (broad SMARTS) is 1. The van der Waals surface area contributed by atoms with E-state index in [-0.39, 0.29) is 35.8 Å². The van der Waals surface area contributed by atoms with E-state index in [1.807, 2.05) is 0 Å². The molecule has 0 aromatic carbocycles. The molecule has 0 aliphatic heterocycles. The SMILES string of the molecule is CNC(=O)CCNC(=O)c1ccc(C(=O)O)c(C)n1. The second-order valence-corrected chi connectivity index (χ2v) is 3.81. The predicted octanol–water partition coefficient (Wildman–Crippen LogP) is -0.0459. The Hall–Kier alpha value is -2.44. The fourth-order valence-corrected chi connectivity index (χ4v) is 1.42. The van der Waals surface area contributed by atoms with Gasteiger partial charge in [0, 0.05) is 20.0 Å². The molecule has 7 nitrogen and oxygen atoms in total. The molecule has 0 saturated heterocycles. The lowest BCUT2D eigenvalue weighted by atomic mass is 10.2. The third-order valence-corrected chi connectivity index (χ3v) is 2.47. The topological polar surface area (TPSA) is 108 Å². The van der Waals surface area contributed by atoms with Crippen LogP contribution >= 0.6 is 0 Å². The zero-order valence-electron chi connectivity index (χ0n) is 10.7. The lowest BCUT2D eigenvalue weighted by molar-refractivity contribution is -0.120. The Bertz CT molecular complexity index is 514. The fraction of sp³-hybridized carbons (Fsp3) is 0.333. The third kappa shape index (κ3) is 4.06. The molecule has 2 amide bonds. The Kier molecular flexibility index (Phi) is 4.99. The van der Waals surface area contributed by atoms with E-state index >= 15 is 0 Å². The summed E-state index contributed by atoms with van der Waals surface area (Å²) in [5.74, 6) is -1.70. The van der Waals surface area contributed by atoms with Gasteiger partial charge in [-0.15, -0.1) is 0 Å². The van der Waals surface area contributed by atoms with Crippen molar-refractivity contribution < 1.29 is 19.5 Å². The number of nitrogens with zero attached hydrogens (tertiary/aromatic N) is 1. The van der Waals surface area contributed by atoms with Gasteiger partial charge in [0.25, 0.3) is 5.91 Å². The summed E-state index contributed by atoms with van der Waals surface area (Å²) in [7, 11) is 1.51. The summed E-state index contributed by atoms with van der Waals surface area (Å²) < 4.78 is 0. The molecular weight excluding hydrogens is 250 g/mol. The maximum atomic E-state index is 11.7. The zero-order chi connectivity index (χ0) is 14.4.